The molecule has 0 amide bonds. The molecule has 3 nitrogen and oxygen atoms in total. The topological polar surface area (TPSA) is 37.3 Å². The zero-order chi connectivity index (χ0) is 8.20. The van der Waals surface area contributed by atoms with Crippen LogP contribution in [0.4, 0.5) is 0 Å². The maximum Gasteiger partial charge on any atom is 0.122 e. The lowest BCUT2D eigenvalue weighted by Gasteiger charge is -2.25. The number of hydrogen-bond acceptors (Lipinski definition) is 2. The molecule has 0 aromatic carbocycles. The van der Waals surface area contributed by atoms with Crippen molar-refractivity contribution in [1.29, 1.82) is 0 Å². The lowest BCUT2D eigenvalue weighted by molar-refractivity contribution is -0.873. The number of carbonyl (C=O) groups excluding carboxylic acids is 1. The van der Waals surface area contributed by atoms with Gasteiger partial charge in [0.15, 0.2) is 0 Å². The minimum Gasteiger partial charge on any atom is -0.387 e. The molecule has 60 valence electrons. The first-order valence-corrected chi connectivity index (χ1v) is 3.38. The second-order valence-corrected chi connectivity index (χ2v) is 3.53. The van der Waals surface area contributed by atoms with E-state index in [9.17, 15) is 4.79 Å². The first-order valence-electron chi connectivity index (χ1n) is 3.38. The molecule has 1 atom stereocenters. The molecule has 0 saturated carbocycles. The van der Waals surface area contributed by atoms with E-state index in [4.69, 9.17) is 5.11 Å². The average Bonchev–Trinajstić information content (AvgIpc) is 1.59. The molecule has 0 radical (unpaired) electrons. The summed E-state index contributed by atoms with van der Waals surface area (Å²) in [6.07, 6.45) is 0.507. The van der Waals surface area contributed by atoms with E-state index in [0.29, 0.717) is 11.0 Å². The van der Waals surface area contributed by atoms with E-state index in [1.54, 1.807) is 0 Å². The van der Waals surface area contributed by atoms with Crippen LogP contribution in [0.3, 0.4) is 0 Å². The lowest BCUT2D eigenvalue weighted by Crippen LogP contribution is -2.41. The van der Waals surface area contributed by atoms with Crippen LogP contribution >= 0.6 is 0 Å². The molecule has 0 aliphatic heterocycles. The van der Waals surface area contributed by atoms with Gasteiger partial charge in [-0.3, -0.25) is 0 Å². The molecule has 0 spiro atoms. The Morgan fingerprint density at radius 1 is 1.50 bits per heavy atom. The fourth-order valence-corrected chi connectivity index (χ4v) is 0.818. The van der Waals surface area contributed by atoms with E-state index in [0.717, 1.165) is 6.29 Å². The highest BCUT2D eigenvalue weighted by atomic mass is 16.3. The van der Waals surface area contributed by atoms with Gasteiger partial charge in [0, 0.05) is 6.42 Å². The van der Waals surface area contributed by atoms with Gasteiger partial charge < -0.3 is 14.4 Å². The second kappa shape index (κ2) is 3.68. The van der Waals surface area contributed by atoms with Crippen LogP contribution in [0.5, 0.6) is 0 Å². The summed E-state index contributed by atoms with van der Waals surface area (Å²) in [6, 6.07) is 0. The first kappa shape index (κ1) is 9.59. The fraction of sp³-hybridized carbons (Fsp3) is 0.857. The third-order valence-corrected chi connectivity index (χ3v) is 1.13. The Kier molecular flexibility index (Phi) is 3.53. The van der Waals surface area contributed by atoms with Crippen LogP contribution in [-0.2, 0) is 4.79 Å². The van der Waals surface area contributed by atoms with E-state index in [1.165, 1.54) is 0 Å². The number of carbonyl (C=O) groups is 1. The second-order valence-electron chi connectivity index (χ2n) is 3.53. The van der Waals surface area contributed by atoms with E-state index in [2.05, 4.69) is 0 Å². The Balaban J connectivity index is 3.56. The highest BCUT2D eigenvalue weighted by molar-refractivity contribution is 5.49. The summed E-state index contributed by atoms with van der Waals surface area (Å²) in [6.45, 7) is 0.624. The van der Waals surface area contributed by atoms with Crippen molar-refractivity contribution in [3.8, 4) is 0 Å². The number of aliphatic hydroxyl groups excluding tert-OH is 1. The van der Waals surface area contributed by atoms with Gasteiger partial charge in [-0.15, -0.1) is 0 Å². The predicted molar refractivity (Wildman–Crippen MR) is 39.6 cm³/mol. The molecule has 3 heteroatoms. The van der Waals surface area contributed by atoms with Gasteiger partial charge in [0.1, 0.15) is 18.9 Å². The van der Waals surface area contributed by atoms with Crippen molar-refractivity contribution in [2.45, 2.75) is 12.5 Å². The third kappa shape index (κ3) is 5.72. The molecule has 0 aliphatic rings. The summed E-state index contributed by atoms with van der Waals surface area (Å²) < 4.78 is 0.689. The van der Waals surface area contributed by atoms with Crippen LogP contribution in [0.25, 0.3) is 0 Å². The Hall–Kier alpha value is -0.410. The molecular formula is C7H16NO2+. The van der Waals surface area contributed by atoms with E-state index in [-0.39, 0.29) is 6.42 Å². The van der Waals surface area contributed by atoms with Gasteiger partial charge in [-0.05, 0) is 0 Å². The van der Waals surface area contributed by atoms with Crippen LogP contribution in [0.15, 0.2) is 0 Å². The number of nitrogens with zero attached hydrogens (tertiary/aromatic N) is 1. The number of aliphatic hydroxyl groups is 1. The summed E-state index contributed by atoms with van der Waals surface area (Å²) in [5.74, 6) is 0. The first-order chi connectivity index (χ1) is 4.45. The van der Waals surface area contributed by atoms with Crippen LogP contribution < -0.4 is 0 Å². The molecule has 10 heavy (non-hydrogen) atoms. The Labute approximate surface area is 61.9 Å². The molecular weight excluding hydrogens is 130 g/mol. The lowest BCUT2D eigenvalue weighted by atomic mass is 10.2. The summed E-state index contributed by atoms with van der Waals surface area (Å²) in [7, 11) is 5.94. The third-order valence-electron chi connectivity index (χ3n) is 1.13. The van der Waals surface area contributed by atoms with Crippen molar-refractivity contribution in [2.24, 2.45) is 0 Å². The summed E-state index contributed by atoms with van der Waals surface area (Å²) in [4.78, 5) is 9.93. The number of rotatable bonds is 4. The largest absolute Gasteiger partial charge is 0.387 e. The number of likely N-dealkylation sites (N-methyl/N-ethyl adjacent to an activating group) is 1. The quantitative estimate of drug-likeness (QED) is 0.434. The maximum atomic E-state index is 9.93. The Morgan fingerprint density at radius 2 is 2.00 bits per heavy atom. The molecule has 0 heterocycles. The summed E-state index contributed by atoms with van der Waals surface area (Å²) in [5, 5.41) is 9.14. The van der Waals surface area contributed by atoms with Crippen molar-refractivity contribution in [1.82, 2.24) is 0 Å². The van der Waals surface area contributed by atoms with Gasteiger partial charge in [0.2, 0.25) is 0 Å². The van der Waals surface area contributed by atoms with Gasteiger partial charge in [0.05, 0.1) is 21.1 Å². The van der Waals surface area contributed by atoms with Crippen LogP contribution in [0.1, 0.15) is 6.42 Å². The summed E-state index contributed by atoms with van der Waals surface area (Å²) >= 11 is 0. The highest BCUT2D eigenvalue weighted by Crippen LogP contribution is 1.96. The van der Waals surface area contributed by atoms with Crippen molar-refractivity contribution >= 4 is 6.29 Å². The average molecular weight is 146 g/mol. The number of aldehydes is 1. The standard InChI is InChI=1S/C7H16NO2/c1-8(2,3)6-7(10)4-5-9/h5,7,10H,4,6H2,1-3H3/q+1/t7-/m0/s1. The van der Waals surface area contributed by atoms with Crippen molar-refractivity contribution in [2.75, 3.05) is 27.7 Å². The zero-order valence-corrected chi connectivity index (χ0v) is 6.87. The van der Waals surface area contributed by atoms with E-state index in [1.807, 2.05) is 21.1 Å². The van der Waals surface area contributed by atoms with Crippen molar-refractivity contribution in [3.05, 3.63) is 0 Å². The van der Waals surface area contributed by atoms with Crippen LogP contribution in [0, 0.1) is 0 Å². The Morgan fingerprint density at radius 3 is 2.30 bits per heavy atom. The van der Waals surface area contributed by atoms with Crippen LogP contribution in [-0.4, -0.2) is 49.7 Å². The highest BCUT2D eigenvalue weighted by Gasteiger charge is 2.13. The smallest absolute Gasteiger partial charge is 0.122 e. The van der Waals surface area contributed by atoms with Crippen molar-refractivity contribution < 1.29 is 14.4 Å². The van der Waals surface area contributed by atoms with E-state index >= 15 is 0 Å². The predicted octanol–water partition coefficient (Wildman–Crippen LogP) is -0.358. The van der Waals surface area contributed by atoms with Gasteiger partial charge in [-0.2, -0.15) is 0 Å². The molecule has 0 aromatic rings. The molecule has 0 bridgehead atoms. The number of hydrogen-bond donors (Lipinski definition) is 1. The van der Waals surface area contributed by atoms with Gasteiger partial charge in [-0.1, -0.05) is 0 Å². The van der Waals surface area contributed by atoms with Gasteiger partial charge in [-0.25, -0.2) is 0 Å². The molecule has 0 aliphatic carbocycles. The molecule has 0 aromatic heterocycles. The monoisotopic (exact) mass is 146 g/mol. The normalized spacial score (nSPS) is 14.8. The fourth-order valence-electron chi connectivity index (χ4n) is 0.818. The van der Waals surface area contributed by atoms with Gasteiger partial charge in [0.25, 0.3) is 0 Å². The molecule has 0 saturated heterocycles. The summed E-state index contributed by atoms with van der Waals surface area (Å²) in [5.41, 5.74) is 0. The molecule has 0 unspecified atom stereocenters. The minimum absolute atomic E-state index is 0.246. The molecule has 1 N–H and O–H groups in total. The van der Waals surface area contributed by atoms with Crippen molar-refractivity contribution in [3.63, 3.8) is 0 Å². The van der Waals surface area contributed by atoms with E-state index < -0.39 is 6.10 Å². The van der Waals surface area contributed by atoms with Gasteiger partial charge >= 0.3 is 0 Å². The molecule has 0 fully saturated rings. The molecule has 0 rings (SSSR count). The minimum atomic E-state index is -0.488. The Bertz CT molecular complexity index is 107. The number of quaternary nitrogens is 1. The zero-order valence-electron chi connectivity index (χ0n) is 6.87. The maximum absolute atomic E-state index is 9.93. The van der Waals surface area contributed by atoms with Crippen LogP contribution in [0.2, 0.25) is 0 Å². The SMILES string of the molecule is C[N+](C)(C)C[C@@H](O)CC=O.